The zero-order valence-corrected chi connectivity index (χ0v) is 14.3. The van der Waals surface area contributed by atoms with E-state index in [1.54, 1.807) is 11.1 Å². The number of fused-ring (bicyclic) bond motifs is 16. The van der Waals surface area contributed by atoms with E-state index in [-0.39, 0.29) is 0 Å². The average Bonchev–Trinajstić information content (AvgIpc) is 3.42. The summed E-state index contributed by atoms with van der Waals surface area (Å²) >= 11 is 0. The van der Waals surface area contributed by atoms with Gasteiger partial charge in [-0.15, -0.1) is 0 Å². The van der Waals surface area contributed by atoms with E-state index in [0.29, 0.717) is 0 Å². The molecule has 0 N–H and O–H groups in total. The Morgan fingerprint density at radius 1 is 0.880 bits per heavy atom. The Hall–Kier alpha value is -1.89. The van der Waals surface area contributed by atoms with Crippen LogP contribution in [-0.4, -0.2) is 6.29 Å². The second-order valence-corrected chi connectivity index (χ2v) is 9.30. The van der Waals surface area contributed by atoms with Crippen molar-refractivity contribution in [3.05, 3.63) is 59.2 Å². The molecular formula is C24H22O. The molecule has 2 aromatic carbocycles. The second kappa shape index (κ2) is 4.26. The van der Waals surface area contributed by atoms with Gasteiger partial charge in [0.05, 0.1) is 0 Å². The normalized spacial score (nSPS) is 44.3. The van der Waals surface area contributed by atoms with Crippen LogP contribution in [0, 0.1) is 41.4 Å². The van der Waals surface area contributed by atoms with Crippen LogP contribution in [0.4, 0.5) is 0 Å². The summed E-state index contributed by atoms with van der Waals surface area (Å²) < 4.78 is 0. The van der Waals surface area contributed by atoms with Gasteiger partial charge in [0.25, 0.3) is 0 Å². The zero-order chi connectivity index (χ0) is 16.3. The maximum atomic E-state index is 11.3. The molecule has 0 amide bonds. The summed E-state index contributed by atoms with van der Waals surface area (Å²) in [6, 6.07) is 10.9. The van der Waals surface area contributed by atoms with Crippen molar-refractivity contribution in [1.29, 1.82) is 0 Å². The van der Waals surface area contributed by atoms with Crippen LogP contribution in [0.5, 0.6) is 0 Å². The Kier molecular flexibility index (Phi) is 2.27. The first kappa shape index (κ1) is 13.3. The molecule has 1 heteroatoms. The van der Waals surface area contributed by atoms with Gasteiger partial charge in [0.15, 0.2) is 0 Å². The SMILES string of the molecule is O=Cc1ccc2ccc3c(c2c1)C1C(C3)C2CC1C1C3C=CC(C3)C21. The molecule has 3 fully saturated rings. The van der Waals surface area contributed by atoms with E-state index in [2.05, 4.69) is 36.4 Å². The molecule has 8 unspecified atom stereocenters. The number of carbonyl (C=O) groups is 1. The van der Waals surface area contributed by atoms with E-state index in [9.17, 15) is 4.79 Å². The van der Waals surface area contributed by atoms with Crippen LogP contribution in [-0.2, 0) is 6.42 Å². The summed E-state index contributed by atoms with van der Waals surface area (Å²) in [5.41, 5.74) is 4.04. The fourth-order valence-electron chi connectivity index (χ4n) is 8.17. The van der Waals surface area contributed by atoms with E-state index >= 15 is 0 Å². The third kappa shape index (κ3) is 1.43. The van der Waals surface area contributed by atoms with Crippen LogP contribution in [0.1, 0.15) is 40.2 Å². The fourth-order valence-corrected chi connectivity index (χ4v) is 8.17. The standard InChI is InChI=1S/C24H22O/c25-11-12-1-2-13-3-4-16-9-18-19-10-20(24(18)21(16)17(13)7-12)23-15-6-5-14(8-15)22(19)23/h1-7,11,14-15,18-20,22-24H,8-10H2. The molecule has 0 heterocycles. The van der Waals surface area contributed by atoms with Gasteiger partial charge in [-0.05, 0) is 94.6 Å². The van der Waals surface area contributed by atoms with Gasteiger partial charge in [-0.3, -0.25) is 4.79 Å². The number of hydrogen-bond acceptors (Lipinski definition) is 1. The van der Waals surface area contributed by atoms with Gasteiger partial charge in [-0.25, -0.2) is 0 Å². The topological polar surface area (TPSA) is 17.1 Å². The van der Waals surface area contributed by atoms with Gasteiger partial charge in [0.1, 0.15) is 6.29 Å². The van der Waals surface area contributed by atoms with Crippen molar-refractivity contribution < 1.29 is 4.79 Å². The van der Waals surface area contributed by atoms with Crippen LogP contribution in [0.25, 0.3) is 10.8 Å². The maximum absolute atomic E-state index is 11.3. The average molecular weight is 326 g/mol. The third-order valence-electron chi connectivity index (χ3n) is 8.69. The van der Waals surface area contributed by atoms with Crippen molar-refractivity contribution in [1.82, 2.24) is 0 Å². The first-order chi connectivity index (χ1) is 12.3. The van der Waals surface area contributed by atoms with Gasteiger partial charge in [0.2, 0.25) is 0 Å². The quantitative estimate of drug-likeness (QED) is 0.410. The molecule has 0 spiro atoms. The highest BCUT2D eigenvalue weighted by Gasteiger charge is 2.66. The van der Waals surface area contributed by atoms with E-state index in [4.69, 9.17) is 0 Å². The third-order valence-corrected chi connectivity index (χ3v) is 8.69. The Bertz CT molecular complexity index is 969. The Morgan fingerprint density at radius 2 is 1.68 bits per heavy atom. The van der Waals surface area contributed by atoms with Gasteiger partial charge in [-0.2, -0.15) is 0 Å². The molecule has 0 saturated heterocycles. The molecule has 4 bridgehead atoms. The van der Waals surface area contributed by atoms with Gasteiger partial charge >= 0.3 is 0 Å². The minimum absolute atomic E-state index is 0.764. The van der Waals surface area contributed by atoms with Crippen LogP contribution in [0.15, 0.2) is 42.5 Å². The minimum Gasteiger partial charge on any atom is -0.298 e. The molecule has 0 aromatic heterocycles. The van der Waals surface area contributed by atoms with Crippen molar-refractivity contribution in [2.45, 2.75) is 25.2 Å². The number of hydrogen-bond donors (Lipinski definition) is 0. The van der Waals surface area contributed by atoms with Crippen molar-refractivity contribution in [3.63, 3.8) is 0 Å². The lowest BCUT2D eigenvalue weighted by Crippen LogP contribution is -2.34. The summed E-state index contributed by atoms with van der Waals surface area (Å²) in [7, 11) is 0. The van der Waals surface area contributed by atoms with E-state index in [0.717, 1.165) is 59.2 Å². The van der Waals surface area contributed by atoms with Crippen LogP contribution in [0.3, 0.4) is 0 Å². The molecule has 3 saturated carbocycles. The second-order valence-electron chi connectivity index (χ2n) is 9.30. The van der Waals surface area contributed by atoms with Crippen molar-refractivity contribution in [2.24, 2.45) is 41.4 Å². The summed E-state index contributed by atoms with van der Waals surface area (Å²) in [6.45, 7) is 0. The fraction of sp³-hybridized carbons (Fsp3) is 0.458. The number of aldehydes is 1. The Morgan fingerprint density at radius 3 is 2.52 bits per heavy atom. The lowest BCUT2D eigenvalue weighted by atomic mass is 9.65. The molecule has 5 aliphatic carbocycles. The van der Waals surface area contributed by atoms with Crippen LogP contribution in [0.2, 0.25) is 0 Å². The van der Waals surface area contributed by atoms with Crippen LogP contribution >= 0.6 is 0 Å². The first-order valence-corrected chi connectivity index (χ1v) is 10.0. The number of rotatable bonds is 1. The molecule has 5 aliphatic rings. The summed E-state index contributed by atoms with van der Waals surface area (Å²) in [4.78, 5) is 11.3. The highest BCUT2D eigenvalue weighted by molar-refractivity contribution is 5.92. The highest BCUT2D eigenvalue weighted by atomic mass is 16.1. The molecular weight excluding hydrogens is 304 g/mol. The smallest absolute Gasteiger partial charge is 0.150 e. The number of carbonyl (C=O) groups excluding carboxylic acids is 1. The van der Waals surface area contributed by atoms with Gasteiger partial charge in [0, 0.05) is 5.56 Å². The molecule has 1 nitrogen and oxygen atoms in total. The number of allylic oxidation sites excluding steroid dienone is 2. The summed E-state index contributed by atoms with van der Waals surface area (Å²) in [5.74, 6) is 7.20. The molecule has 0 aliphatic heterocycles. The maximum Gasteiger partial charge on any atom is 0.150 e. The van der Waals surface area contributed by atoms with Crippen LogP contribution < -0.4 is 0 Å². The van der Waals surface area contributed by atoms with Crippen molar-refractivity contribution in [3.8, 4) is 0 Å². The van der Waals surface area contributed by atoms with E-state index < -0.39 is 0 Å². The largest absolute Gasteiger partial charge is 0.298 e. The Labute approximate surface area is 148 Å². The van der Waals surface area contributed by atoms with Gasteiger partial charge < -0.3 is 0 Å². The zero-order valence-electron chi connectivity index (χ0n) is 14.3. The predicted octanol–water partition coefficient (Wildman–Crippen LogP) is 5.00. The Balaban J connectivity index is 1.43. The van der Waals surface area contributed by atoms with E-state index in [1.807, 2.05) is 6.07 Å². The van der Waals surface area contributed by atoms with Crippen molar-refractivity contribution >= 4 is 17.1 Å². The van der Waals surface area contributed by atoms with E-state index in [1.165, 1.54) is 30.0 Å². The molecule has 7 rings (SSSR count). The van der Waals surface area contributed by atoms with Gasteiger partial charge in [-0.1, -0.05) is 36.4 Å². The predicted molar refractivity (Wildman–Crippen MR) is 98.6 cm³/mol. The first-order valence-electron chi connectivity index (χ1n) is 10.0. The summed E-state index contributed by atoms with van der Waals surface area (Å²) in [5, 5.41) is 2.69. The molecule has 2 aromatic rings. The lowest BCUT2D eigenvalue weighted by Gasteiger charge is -2.39. The highest BCUT2D eigenvalue weighted by Crippen LogP contribution is 2.73. The number of benzene rings is 2. The minimum atomic E-state index is 0.764. The lowest BCUT2D eigenvalue weighted by molar-refractivity contribution is 0.112. The monoisotopic (exact) mass is 326 g/mol. The molecule has 124 valence electrons. The molecule has 25 heavy (non-hydrogen) atoms. The van der Waals surface area contributed by atoms with Crippen molar-refractivity contribution in [2.75, 3.05) is 0 Å². The summed E-state index contributed by atoms with van der Waals surface area (Å²) in [6.07, 6.45) is 10.3. The molecule has 0 radical (unpaired) electrons. The molecule has 8 atom stereocenters.